The summed E-state index contributed by atoms with van der Waals surface area (Å²) in [7, 11) is 0. The Morgan fingerprint density at radius 1 is 1.64 bits per heavy atom. The zero-order valence-corrected chi connectivity index (χ0v) is 13.4. The van der Waals surface area contributed by atoms with E-state index in [-0.39, 0.29) is 17.0 Å². The van der Waals surface area contributed by atoms with Crippen LogP contribution in [-0.4, -0.2) is 65.9 Å². The number of aliphatic carboxylic acids is 1. The number of nitrogens with one attached hydrogen (secondary N) is 1. The van der Waals surface area contributed by atoms with Gasteiger partial charge in [0.2, 0.25) is 5.91 Å². The summed E-state index contributed by atoms with van der Waals surface area (Å²) in [5.41, 5.74) is 6.31. The number of carbonyl (C=O) groups excluding carboxylic acids is 1. The van der Waals surface area contributed by atoms with Crippen LogP contribution in [0.2, 0.25) is 0 Å². The molecule has 0 radical (unpaired) electrons. The van der Waals surface area contributed by atoms with Crippen LogP contribution in [0.5, 0.6) is 0 Å². The lowest BCUT2D eigenvalue weighted by molar-refractivity contribution is -0.148. The lowest BCUT2D eigenvalue weighted by atomic mass is 9.94. The molecule has 118 valence electrons. The molecule has 11 heteroatoms. The topological polar surface area (TPSA) is 138 Å². The first-order valence-electron chi connectivity index (χ1n) is 6.38. The summed E-state index contributed by atoms with van der Waals surface area (Å²) in [6.45, 7) is 1.83. The molecule has 4 N–H and O–H groups in total. The predicted octanol–water partition coefficient (Wildman–Crippen LogP) is -0.641. The van der Waals surface area contributed by atoms with Crippen molar-refractivity contribution < 1.29 is 14.7 Å². The van der Waals surface area contributed by atoms with Crippen molar-refractivity contribution in [3.05, 3.63) is 17.1 Å². The molecule has 3 rings (SSSR count). The highest BCUT2D eigenvalue weighted by Crippen LogP contribution is 2.48. The monoisotopic (exact) mass is 342 g/mol. The summed E-state index contributed by atoms with van der Waals surface area (Å²) in [4.78, 5) is 25.0. The highest BCUT2D eigenvalue weighted by Gasteiger charge is 2.54. The Labute approximate surface area is 134 Å². The molecule has 2 aliphatic rings. The van der Waals surface area contributed by atoms with Crippen molar-refractivity contribution in [1.29, 1.82) is 0 Å². The van der Waals surface area contributed by atoms with Crippen molar-refractivity contribution in [3.8, 4) is 0 Å². The number of aromatic amines is 1. The molecular formula is C11H14N6O3S2. The molecule has 22 heavy (non-hydrogen) atoms. The van der Waals surface area contributed by atoms with Gasteiger partial charge in [-0.2, -0.15) is 5.21 Å². The van der Waals surface area contributed by atoms with E-state index < -0.39 is 16.8 Å². The van der Waals surface area contributed by atoms with Gasteiger partial charge < -0.3 is 10.8 Å². The quantitative estimate of drug-likeness (QED) is 0.610. The van der Waals surface area contributed by atoms with E-state index in [1.54, 1.807) is 0 Å². The van der Waals surface area contributed by atoms with E-state index in [1.165, 1.54) is 28.4 Å². The third-order valence-electron chi connectivity index (χ3n) is 3.97. The minimum absolute atomic E-state index is 0.0166. The zero-order valence-electron chi connectivity index (χ0n) is 11.8. The van der Waals surface area contributed by atoms with Crippen LogP contribution in [0.25, 0.3) is 0 Å². The zero-order chi connectivity index (χ0) is 16.1. The van der Waals surface area contributed by atoms with Crippen LogP contribution in [0.15, 0.2) is 11.3 Å². The molecule has 3 heterocycles. The Kier molecular flexibility index (Phi) is 3.65. The number of nitrogens with two attached hydrogens (primary N) is 1. The van der Waals surface area contributed by atoms with Gasteiger partial charge in [0, 0.05) is 5.75 Å². The van der Waals surface area contributed by atoms with Gasteiger partial charge in [-0.25, -0.2) is 4.79 Å². The van der Waals surface area contributed by atoms with Crippen LogP contribution < -0.4 is 5.73 Å². The fourth-order valence-electron chi connectivity index (χ4n) is 2.59. The van der Waals surface area contributed by atoms with Gasteiger partial charge in [0.15, 0.2) is 5.82 Å². The maximum absolute atomic E-state index is 12.0. The maximum atomic E-state index is 12.0. The molecule has 1 aromatic rings. The second kappa shape index (κ2) is 5.25. The SMILES string of the molecule is CSC(C)(C1=C(C(=O)O)N2C(=O)C(N)C2SC1)c1nn[nH]n1. The first-order chi connectivity index (χ1) is 10.4. The number of carbonyl (C=O) groups is 2. The summed E-state index contributed by atoms with van der Waals surface area (Å²) in [6.07, 6.45) is 1.84. The smallest absolute Gasteiger partial charge is 0.352 e. The fraction of sp³-hybridized carbons (Fsp3) is 0.545. The number of H-pyrrole nitrogens is 1. The largest absolute Gasteiger partial charge is 0.477 e. The molecule has 0 aromatic carbocycles. The molecular weight excluding hydrogens is 328 g/mol. The van der Waals surface area contributed by atoms with E-state index in [1.807, 2.05) is 13.2 Å². The number of nitrogens with zero attached hydrogens (tertiary/aromatic N) is 4. The molecule has 0 spiro atoms. The van der Waals surface area contributed by atoms with Crippen molar-refractivity contribution in [2.24, 2.45) is 5.73 Å². The van der Waals surface area contributed by atoms with Crippen LogP contribution >= 0.6 is 23.5 Å². The van der Waals surface area contributed by atoms with Crippen LogP contribution in [0.4, 0.5) is 0 Å². The minimum atomic E-state index is -1.15. The van der Waals surface area contributed by atoms with Crippen molar-refractivity contribution >= 4 is 35.4 Å². The average molecular weight is 342 g/mol. The van der Waals surface area contributed by atoms with E-state index >= 15 is 0 Å². The molecule has 1 saturated heterocycles. The summed E-state index contributed by atoms with van der Waals surface area (Å²) < 4.78 is -0.793. The number of rotatable bonds is 4. The highest BCUT2D eigenvalue weighted by molar-refractivity contribution is 8.01. The average Bonchev–Trinajstić information content (AvgIpc) is 3.06. The number of aromatic nitrogens is 4. The molecule has 2 aliphatic heterocycles. The van der Waals surface area contributed by atoms with Gasteiger partial charge in [-0.05, 0) is 18.8 Å². The highest BCUT2D eigenvalue weighted by atomic mass is 32.2. The number of carboxylic acids is 1. The van der Waals surface area contributed by atoms with Crippen LogP contribution in [0, 0.1) is 0 Å². The first-order valence-corrected chi connectivity index (χ1v) is 8.65. The minimum Gasteiger partial charge on any atom is -0.477 e. The molecule has 0 aliphatic carbocycles. The van der Waals surface area contributed by atoms with Crippen LogP contribution in [-0.2, 0) is 14.3 Å². The number of hydrogen-bond donors (Lipinski definition) is 3. The summed E-state index contributed by atoms with van der Waals surface area (Å²) in [5, 5.41) is 23.2. The molecule has 1 amide bonds. The Morgan fingerprint density at radius 3 is 2.91 bits per heavy atom. The molecule has 0 bridgehead atoms. The fourth-order valence-corrected chi connectivity index (χ4v) is 4.81. The molecule has 3 unspecified atom stereocenters. The number of carboxylic acid groups (broad SMARTS) is 1. The standard InChI is InChI=1S/C11H14N6O3S2/c1-11(21-2,10-13-15-16-14-10)4-3-22-8-5(12)7(18)17(8)6(4)9(19)20/h5,8H,3,12H2,1-2H3,(H,19,20)(H,13,14,15,16). The van der Waals surface area contributed by atoms with E-state index in [9.17, 15) is 14.7 Å². The second-order valence-electron chi connectivity index (χ2n) is 5.04. The number of fused-ring (bicyclic) bond motifs is 1. The lowest BCUT2D eigenvalue weighted by Gasteiger charge is -2.49. The Balaban J connectivity index is 2.14. The molecule has 0 saturated carbocycles. The third-order valence-corrected chi connectivity index (χ3v) is 6.51. The summed E-state index contributed by atoms with van der Waals surface area (Å²) in [5.74, 6) is -0.701. The normalized spacial score (nSPS) is 27.2. The third kappa shape index (κ3) is 1.96. The van der Waals surface area contributed by atoms with E-state index in [0.717, 1.165) is 0 Å². The molecule has 3 atom stereocenters. The van der Waals surface area contributed by atoms with Crippen molar-refractivity contribution in [2.75, 3.05) is 12.0 Å². The lowest BCUT2D eigenvalue weighted by Crippen LogP contribution is -2.68. The van der Waals surface area contributed by atoms with Crippen molar-refractivity contribution in [1.82, 2.24) is 25.5 Å². The van der Waals surface area contributed by atoms with Gasteiger partial charge in [-0.15, -0.1) is 33.7 Å². The predicted molar refractivity (Wildman–Crippen MR) is 80.8 cm³/mol. The van der Waals surface area contributed by atoms with Crippen molar-refractivity contribution in [2.45, 2.75) is 23.1 Å². The molecule has 1 fully saturated rings. The number of hydrogen-bond acceptors (Lipinski definition) is 8. The second-order valence-corrected chi connectivity index (χ2v) is 7.37. The van der Waals surface area contributed by atoms with Gasteiger partial charge in [-0.3, -0.25) is 9.69 Å². The van der Waals surface area contributed by atoms with E-state index in [4.69, 9.17) is 5.73 Å². The van der Waals surface area contributed by atoms with Gasteiger partial charge in [0.25, 0.3) is 0 Å². The molecule has 1 aromatic heterocycles. The van der Waals surface area contributed by atoms with Gasteiger partial charge in [-0.1, -0.05) is 5.21 Å². The van der Waals surface area contributed by atoms with Gasteiger partial charge in [0.1, 0.15) is 21.9 Å². The number of tetrazole rings is 1. The molecule has 9 nitrogen and oxygen atoms in total. The summed E-state index contributed by atoms with van der Waals surface area (Å²) >= 11 is 2.85. The Hall–Kier alpha value is -1.59. The number of amides is 1. The van der Waals surface area contributed by atoms with Crippen molar-refractivity contribution in [3.63, 3.8) is 0 Å². The van der Waals surface area contributed by atoms with Gasteiger partial charge in [0.05, 0.1) is 0 Å². The Morgan fingerprint density at radius 2 is 2.36 bits per heavy atom. The first kappa shape index (κ1) is 15.3. The Bertz CT molecular complexity index is 663. The van der Waals surface area contributed by atoms with Crippen LogP contribution in [0.1, 0.15) is 12.7 Å². The maximum Gasteiger partial charge on any atom is 0.352 e. The van der Waals surface area contributed by atoms with E-state index in [2.05, 4.69) is 20.6 Å². The number of β-lactam (4-membered cyclic amide) rings is 1. The number of thioether (sulfide) groups is 2. The van der Waals surface area contributed by atoms with Crippen LogP contribution in [0.3, 0.4) is 0 Å². The van der Waals surface area contributed by atoms with E-state index in [0.29, 0.717) is 17.2 Å². The van der Waals surface area contributed by atoms with Gasteiger partial charge >= 0.3 is 5.97 Å². The summed E-state index contributed by atoms with van der Waals surface area (Å²) in [6, 6.07) is -0.647.